The van der Waals surface area contributed by atoms with Gasteiger partial charge in [-0.1, -0.05) is 24.8 Å². The second-order valence-corrected chi connectivity index (χ2v) is 4.75. The number of fused-ring (bicyclic) bond motifs is 3. The minimum absolute atomic E-state index is 0.257. The zero-order valence-corrected chi connectivity index (χ0v) is 11.0. The quantitative estimate of drug-likeness (QED) is 0.709. The number of urea groups is 1. The molecule has 2 aliphatic rings. The van der Waals surface area contributed by atoms with Gasteiger partial charge in [-0.3, -0.25) is 0 Å². The van der Waals surface area contributed by atoms with Crippen molar-refractivity contribution in [3.8, 4) is 0 Å². The summed E-state index contributed by atoms with van der Waals surface area (Å²) in [6.07, 6.45) is 0. The lowest BCUT2D eigenvalue weighted by atomic mass is 9.85. The number of nitrogens with one attached hydrogen (secondary N) is 3. The van der Waals surface area contributed by atoms with E-state index in [-0.39, 0.29) is 12.6 Å². The van der Waals surface area contributed by atoms with Gasteiger partial charge in [0.05, 0.1) is 18.3 Å². The summed E-state index contributed by atoms with van der Waals surface area (Å²) in [6.45, 7) is 5.83. The third kappa shape index (κ3) is 1.51. The van der Waals surface area contributed by atoms with E-state index in [1.807, 2.05) is 24.3 Å². The summed E-state index contributed by atoms with van der Waals surface area (Å²) in [5.41, 5.74) is 0.723. The summed E-state index contributed by atoms with van der Waals surface area (Å²) in [7, 11) is 0. The third-order valence-electron chi connectivity index (χ3n) is 3.65. The second kappa shape index (κ2) is 4.26. The number of hydrogen-bond donors (Lipinski definition) is 3. The highest BCUT2D eigenvalue weighted by Gasteiger charge is 2.58. The van der Waals surface area contributed by atoms with E-state index >= 15 is 0 Å². The first-order valence-corrected chi connectivity index (χ1v) is 6.41. The van der Waals surface area contributed by atoms with Gasteiger partial charge in [-0.2, -0.15) is 0 Å². The van der Waals surface area contributed by atoms with Crippen LogP contribution in [-0.2, 0) is 9.53 Å². The Hall–Kier alpha value is -2.50. The Balaban J connectivity index is 2.12. The van der Waals surface area contributed by atoms with Gasteiger partial charge in [-0.05, 0) is 13.0 Å². The Morgan fingerprint density at radius 2 is 2.20 bits per heavy atom. The molecule has 3 N–H and O–H groups in total. The number of hydrogen-bond acceptors (Lipinski definition) is 4. The summed E-state index contributed by atoms with van der Waals surface area (Å²) in [4.78, 5) is 24.1. The van der Waals surface area contributed by atoms with Gasteiger partial charge in [0.25, 0.3) is 0 Å². The molecular formula is C14H15N3O3. The van der Waals surface area contributed by atoms with E-state index in [2.05, 4.69) is 22.5 Å². The standard InChI is InChI=1S/C14H15N3O3/c1-3-20-12(18)14-8(2)15-13(19)16-11(14)9-6-4-5-7-10(9)17-14/h4-7,11,17H,2-3H2,1H3,(H2,15,16,19). The molecule has 1 fully saturated rings. The molecule has 20 heavy (non-hydrogen) atoms. The molecule has 0 saturated carbocycles. The lowest BCUT2D eigenvalue weighted by Gasteiger charge is -2.39. The predicted octanol–water partition coefficient (Wildman–Crippen LogP) is 1.28. The first-order valence-electron chi connectivity index (χ1n) is 6.41. The Bertz CT molecular complexity index is 613. The van der Waals surface area contributed by atoms with Crippen molar-refractivity contribution in [3.05, 3.63) is 42.1 Å². The SMILES string of the molecule is C=C1NC(=O)NC2c3ccccc3NC12C(=O)OCC. The van der Waals surface area contributed by atoms with Gasteiger partial charge in [0.15, 0.2) is 0 Å². The molecule has 0 aromatic heterocycles. The lowest BCUT2D eigenvalue weighted by molar-refractivity contribution is -0.148. The van der Waals surface area contributed by atoms with E-state index in [1.165, 1.54) is 0 Å². The summed E-state index contributed by atoms with van der Waals surface area (Å²) in [6, 6.07) is 6.54. The Kier molecular flexibility index (Phi) is 2.67. The molecule has 0 spiro atoms. The number of ether oxygens (including phenoxy) is 1. The number of esters is 1. The van der Waals surface area contributed by atoms with E-state index in [9.17, 15) is 9.59 Å². The van der Waals surface area contributed by atoms with Crippen molar-refractivity contribution in [1.82, 2.24) is 10.6 Å². The number of amides is 2. The number of para-hydroxylation sites is 1. The average molecular weight is 273 g/mol. The number of carbonyl (C=O) groups is 2. The average Bonchev–Trinajstić information content (AvgIpc) is 2.75. The first kappa shape index (κ1) is 12.5. The Morgan fingerprint density at radius 1 is 1.45 bits per heavy atom. The van der Waals surface area contributed by atoms with Gasteiger partial charge in [-0.15, -0.1) is 0 Å². The summed E-state index contributed by atoms with van der Waals surface area (Å²) in [5, 5.41) is 8.48. The van der Waals surface area contributed by atoms with Crippen molar-refractivity contribution in [3.63, 3.8) is 0 Å². The summed E-state index contributed by atoms with van der Waals surface area (Å²) >= 11 is 0. The van der Waals surface area contributed by atoms with Crippen LogP contribution in [0, 0.1) is 0 Å². The van der Waals surface area contributed by atoms with Crippen LogP contribution in [0.4, 0.5) is 10.5 Å². The zero-order chi connectivity index (χ0) is 14.3. The molecule has 6 nitrogen and oxygen atoms in total. The number of carbonyl (C=O) groups excluding carboxylic acids is 2. The number of rotatable bonds is 2. The minimum atomic E-state index is -1.20. The van der Waals surface area contributed by atoms with Crippen LogP contribution in [0.3, 0.4) is 0 Å². The largest absolute Gasteiger partial charge is 0.464 e. The number of anilines is 1. The highest BCUT2D eigenvalue weighted by molar-refractivity contribution is 5.97. The summed E-state index contributed by atoms with van der Waals surface area (Å²) in [5.74, 6) is -0.460. The van der Waals surface area contributed by atoms with Crippen LogP contribution in [-0.4, -0.2) is 24.1 Å². The molecule has 0 radical (unpaired) electrons. The highest BCUT2D eigenvalue weighted by atomic mass is 16.5. The van der Waals surface area contributed by atoms with Crippen molar-refractivity contribution in [1.29, 1.82) is 0 Å². The van der Waals surface area contributed by atoms with Crippen molar-refractivity contribution < 1.29 is 14.3 Å². The molecule has 2 heterocycles. The van der Waals surface area contributed by atoms with Crippen LogP contribution in [0.1, 0.15) is 18.5 Å². The normalized spacial score (nSPS) is 26.8. The molecule has 2 aliphatic heterocycles. The first-order chi connectivity index (χ1) is 9.59. The smallest absolute Gasteiger partial charge is 0.340 e. The molecule has 2 atom stereocenters. The van der Waals surface area contributed by atoms with Gasteiger partial charge in [0.1, 0.15) is 0 Å². The molecule has 6 heteroatoms. The fraction of sp³-hybridized carbons (Fsp3) is 0.286. The predicted molar refractivity (Wildman–Crippen MR) is 73.0 cm³/mol. The van der Waals surface area contributed by atoms with Crippen LogP contribution >= 0.6 is 0 Å². The molecule has 0 aliphatic carbocycles. The molecule has 2 amide bonds. The minimum Gasteiger partial charge on any atom is -0.464 e. The topological polar surface area (TPSA) is 79.5 Å². The molecule has 3 rings (SSSR count). The maximum atomic E-state index is 12.5. The molecule has 1 aromatic rings. The van der Waals surface area contributed by atoms with E-state index < -0.39 is 17.6 Å². The van der Waals surface area contributed by atoms with Crippen molar-refractivity contribution in [2.24, 2.45) is 0 Å². The van der Waals surface area contributed by atoms with Gasteiger partial charge >= 0.3 is 12.0 Å². The monoisotopic (exact) mass is 273 g/mol. The molecular weight excluding hydrogens is 258 g/mol. The van der Waals surface area contributed by atoms with Gasteiger partial charge in [0, 0.05) is 11.3 Å². The van der Waals surface area contributed by atoms with Crippen LogP contribution in [0.25, 0.3) is 0 Å². The van der Waals surface area contributed by atoms with Gasteiger partial charge in [0.2, 0.25) is 5.54 Å². The van der Waals surface area contributed by atoms with E-state index in [0.717, 1.165) is 11.3 Å². The Labute approximate surface area is 116 Å². The van der Waals surface area contributed by atoms with Gasteiger partial charge in [-0.25, -0.2) is 9.59 Å². The van der Waals surface area contributed by atoms with Crippen molar-refractivity contribution in [2.45, 2.75) is 18.5 Å². The molecule has 0 bridgehead atoms. The van der Waals surface area contributed by atoms with Crippen LogP contribution in [0.2, 0.25) is 0 Å². The zero-order valence-electron chi connectivity index (χ0n) is 11.0. The fourth-order valence-corrected chi connectivity index (χ4v) is 2.76. The number of benzene rings is 1. The molecule has 104 valence electrons. The van der Waals surface area contributed by atoms with Gasteiger partial charge < -0.3 is 20.7 Å². The second-order valence-electron chi connectivity index (χ2n) is 4.75. The Morgan fingerprint density at radius 3 is 2.95 bits per heavy atom. The molecule has 2 unspecified atom stereocenters. The fourth-order valence-electron chi connectivity index (χ4n) is 2.76. The summed E-state index contributed by atoms with van der Waals surface area (Å²) < 4.78 is 5.17. The van der Waals surface area contributed by atoms with E-state index in [1.54, 1.807) is 6.92 Å². The van der Waals surface area contributed by atoms with Crippen LogP contribution in [0.5, 0.6) is 0 Å². The highest BCUT2D eigenvalue weighted by Crippen LogP contribution is 2.46. The molecule has 1 aromatic carbocycles. The van der Waals surface area contributed by atoms with Crippen LogP contribution < -0.4 is 16.0 Å². The molecule has 1 saturated heterocycles. The van der Waals surface area contributed by atoms with E-state index in [4.69, 9.17) is 4.74 Å². The maximum absolute atomic E-state index is 12.5. The van der Waals surface area contributed by atoms with Crippen molar-refractivity contribution in [2.75, 3.05) is 11.9 Å². The lowest BCUT2D eigenvalue weighted by Crippen LogP contribution is -2.64. The van der Waals surface area contributed by atoms with E-state index in [0.29, 0.717) is 5.70 Å². The maximum Gasteiger partial charge on any atom is 0.340 e. The third-order valence-corrected chi connectivity index (χ3v) is 3.65. The van der Waals surface area contributed by atoms with Crippen molar-refractivity contribution >= 4 is 17.7 Å². The van der Waals surface area contributed by atoms with Crippen LogP contribution in [0.15, 0.2) is 36.5 Å².